The summed E-state index contributed by atoms with van der Waals surface area (Å²) >= 11 is 0. The number of allylic oxidation sites excluding steroid dienone is 1. The van der Waals surface area contributed by atoms with Gasteiger partial charge in [-0.2, -0.15) is 0 Å². The Kier molecular flexibility index (Phi) is 5.65. The number of aryl methyl sites for hydroxylation is 1. The molecular weight excluding hydrogens is 384 g/mol. The van der Waals surface area contributed by atoms with E-state index < -0.39 is 0 Å². The van der Waals surface area contributed by atoms with Crippen LogP contribution in [0, 0.1) is 6.92 Å². The summed E-state index contributed by atoms with van der Waals surface area (Å²) in [6, 6.07) is 5.37. The molecule has 3 heterocycles. The van der Waals surface area contributed by atoms with Gasteiger partial charge in [0.2, 0.25) is 0 Å². The number of fused-ring (bicyclic) bond motifs is 1. The van der Waals surface area contributed by atoms with Crippen molar-refractivity contribution in [1.82, 2.24) is 9.80 Å². The monoisotopic (exact) mass is 410 g/mol. The summed E-state index contributed by atoms with van der Waals surface area (Å²) in [4.78, 5) is 17.6. The maximum Gasteiger partial charge on any atom is 0.193 e. The van der Waals surface area contributed by atoms with Gasteiger partial charge in [-0.1, -0.05) is 0 Å². The highest BCUT2D eigenvalue weighted by Crippen LogP contribution is 2.42. The van der Waals surface area contributed by atoms with Gasteiger partial charge in [-0.25, -0.2) is 0 Å². The molecule has 2 aromatic heterocycles. The summed E-state index contributed by atoms with van der Waals surface area (Å²) in [5.41, 5.74) is 1.28. The first-order valence-corrected chi connectivity index (χ1v) is 9.96. The van der Waals surface area contributed by atoms with Crippen molar-refractivity contribution in [3.63, 3.8) is 0 Å². The van der Waals surface area contributed by atoms with Crippen LogP contribution in [0.2, 0.25) is 0 Å². The lowest BCUT2D eigenvalue weighted by Crippen LogP contribution is -2.43. The molecule has 7 nitrogen and oxygen atoms in total. The van der Waals surface area contributed by atoms with Gasteiger partial charge >= 0.3 is 0 Å². The lowest BCUT2D eigenvalue weighted by atomic mass is 9.99. The van der Waals surface area contributed by atoms with Crippen molar-refractivity contribution in [3.05, 3.63) is 53.2 Å². The van der Waals surface area contributed by atoms with E-state index in [4.69, 9.17) is 13.6 Å². The normalized spacial score (nSPS) is 16.0. The molecule has 0 aliphatic carbocycles. The number of carbonyl (C=O) groups is 1. The van der Waals surface area contributed by atoms with Crippen molar-refractivity contribution in [2.75, 3.05) is 40.3 Å². The van der Waals surface area contributed by atoms with Crippen molar-refractivity contribution in [2.45, 2.75) is 13.5 Å². The topological polar surface area (TPSA) is 79.3 Å². The third-order valence-corrected chi connectivity index (χ3v) is 5.52. The Balaban J connectivity index is 1.73. The first-order valence-electron chi connectivity index (χ1n) is 9.96. The largest absolute Gasteiger partial charge is 0.507 e. The van der Waals surface area contributed by atoms with Gasteiger partial charge in [-0.15, -0.1) is 0 Å². The smallest absolute Gasteiger partial charge is 0.193 e. The number of rotatable bonds is 6. The molecule has 0 atom stereocenters. The molecule has 1 aliphatic rings. The second-order valence-electron chi connectivity index (χ2n) is 7.62. The van der Waals surface area contributed by atoms with E-state index in [2.05, 4.69) is 16.8 Å². The van der Waals surface area contributed by atoms with E-state index in [1.165, 1.54) is 13.2 Å². The average molecular weight is 410 g/mol. The number of ketones is 1. The summed E-state index contributed by atoms with van der Waals surface area (Å²) in [6.45, 7) is 6.00. The number of methoxy groups -OCH3 is 1. The number of hydrogen-bond acceptors (Lipinski definition) is 7. The number of hydrogen-bond donors (Lipinski definition) is 1. The quantitative estimate of drug-likeness (QED) is 0.490. The third-order valence-electron chi connectivity index (χ3n) is 5.52. The van der Waals surface area contributed by atoms with Gasteiger partial charge in [0.25, 0.3) is 0 Å². The summed E-state index contributed by atoms with van der Waals surface area (Å²) < 4.78 is 16.7. The molecule has 0 saturated carbocycles. The Morgan fingerprint density at radius 1 is 1.23 bits per heavy atom. The van der Waals surface area contributed by atoms with Gasteiger partial charge in [0, 0.05) is 32.7 Å². The van der Waals surface area contributed by atoms with Gasteiger partial charge < -0.3 is 23.6 Å². The molecule has 0 spiro atoms. The van der Waals surface area contributed by atoms with Gasteiger partial charge in [-0.05, 0) is 44.3 Å². The second kappa shape index (κ2) is 8.38. The summed E-state index contributed by atoms with van der Waals surface area (Å²) in [6.07, 6.45) is 4.53. The molecule has 158 valence electrons. The number of phenols is 1. The molecule has 7 heteroatoms. The highest BCUT2D eigenvalue weighted by molar-refractivity contribution is 6.14. The van der Waals surface area contributed by atoms with Crippen LogP contribution in [0.25, 0.3) is 17.0 Å². The van der Waals surface area contributed by atoms with E-state index in [0.717, 1.165) is 31.9 Å². The number of piperazine rings is 1. The zero-order chi connectivity index (χ0) is 21.3. The maximum atomic E-state index is 13.1. The van der Waals surface area contributed by atoms with Gasteiger partial charge in [0.05, 0.1) is 24.3 Å². The van der Waals surface area contributed by atoms with Gasteiger partial charge in [0.15, 0.2) is 5.78 Å². The zero-order valence-corrected chi connectivity index (χ0v) is 17.5. The fourth-order valence-electron chi connectivity index (χ4n) is 3.82. The van der Waals surface area contributed by atoms with Crippen LogP contribution < -0.4 is 4.74 Å². The Morgan fingerprint density at radius 2 is 2.00 bits per heavy atom. The van der Waals surface area contributed by atoms with Crippen LogP contribution in [0.5, 0.6) is 11.5 Å². The molecule has 1 aliphatic heterocycles. The average Bonchev–Trinajstić information content (AvgIpc) is 3.38. The maximum absolute atomic E-state index is 13.1. The minimum absolute atomic E-state index is 0.0986. The minimum Gasteiger partial charge on any atom is -0.507 e. The molecule has 3 aromatic rings. The molecule has 1 saturated heterocycles. The van der Waals surface area contributed by atoms with Crippen LogP contribution in [0.1, 0.15) is 27.4 Å². The number of phenolic OH excluding ortho intramolecular Hbond substituents is 1. The number of likely N-dealkylation sites (N-methyl/N-ethyl adjacent to an activating group) is 1. The number of benzene rings is 1. The second-order valence-corrected chi connectivity index (χ2v) is 7.62. The number of furan rings is 2. The predicted molar refractivity (Wildman–Crippen MR) is 114 cm³/mol. The lowest BCUT2D eigenvalue weighted by molar-refractivity contribution is 0.104. The van der Waals surface area contributed by atoms with E-state index in [0.29, 0.717) is 34.6 Å². The van der Waals surface area contributed by atoms with E-state index in [-0.39, 0.29) is 17.1 Å². The van der Waals surface area contributed by atoms with Crippen molar-refractivity contribution in [3.8, 4) is 11.5 Å². The third kappa shape index (κ3) is 3.86. The van der Waals surface area contributed by atoms with Crippen LogP contribution in [0.4, 0.5) is 0 Å². The van der Waals surface area contributed by atoms with Crippen LogP contribution in [0.3, 0.4) is 0 Å². The minimum atomic E-state index is -0.360. The van der Waals surface area contributed by atoms with E-state index in [1.807, 2.05) is 13.0 Å². The van der Waals surface area contributed by atoms with Crippen LogP contribution in [-0.4, -0.2) is 61.0 Å². The summed E-state index contributed by atoms with van der Waals surface area (Å²) in [5, 5.41) is 11.8. The molecule has 0 amide bonds. The highest BCUT2D eigenvalue weighted by atomic mass is 16.5. The lowest BCUT2D eigenvalue weighted by Gasteiger charge is -2.32. The molecule has 1 N–H and O–H groups in total. The molecule has 30 heavy (non-hydrogen) atoms. The van der Waals surface area contributed by atoms with Crippen molar-refractivity contribution in [1.29, 1.82) is 0 Å². The molecule has 1 fully saturated rings. The SMILES string of the molecule is COc1c(C(=O)/C=C/c2ccc(C)o2)c(O)c(CN2CCN(C)CC2)c2occc12. The Hall–Kier alpha value is -3.03. The van der Waals surface area contributed by atoms with Crippen molar-refractivity contribution in [2.24, 2.45) is 0 Å². The molecular formula is C23H26N2O5. The summed E-state index contributed by atoms with van der Waals surface area (Å²) in [7, 11) is 3.58. The van der Waals surface area contributed by atoms with Crippen LogP contribution >= 0.6 is 0 Å². The van der Waals surface area contributed by atoms with Gasteiger partial charge in [-0.3, -0.25) is 9.69 Å². The zero-order valence-electron chi connectivity index (χ0n) is 17.5. The van der Waals surface area contributed by atoms with Crippen LogP contribution in [0.15, 0.2) is 39.4 Å². The highest BCUT2D eigenvalue weighted by Gasteiger charge is 2.27. The van der Waals surface area contributed by atoms with Crippen LogP contribution in [-0.2, 0) is 6.54 Å². The van der Waals surface area contributed by atoms with Crippen molar-refractivity contribution >= 4 is 22.8 Å². The molecule has 0 radical (unpaired) electrons. The van der Waals surface area contributed by atoms with E-state index >= 15 is 0 Å². The number of aromatic hydroxyl groups is 1. The Morgan fingerprint density at radius 3 is 2.67 bits per heavy atom. The first kappa shape index (κ1) is 20.3. The molecule has 0 bridgehead atoms. The van der Waals surface area contributed by atoms with E-state index in [9.17, 15) is 9.90 Å². The fourth-order valence-corrected chi connectivity index (χ4v) is 3.82. The predicted octanol–water partition coefficient (Wildman–Crippen LogP) is 3.69. The number of ether oxygens (including phenoxy) is 1. The summed E-state index contributed by atoms with van der Waals surface area (Å²) in [5.74, 6) is 1.18. The molecule has 4 rings (SSSR count). The van der Waals surface area contributed by atoms with E-state index in [1.54, 1.807) is 24.5 Å². The Bertz CT molecular complexity index is 1090. The standard InChI is InChI=1S/C23H26N2O5/c1-15-4-5-16(30-15)6-7-19(26)20-21(27)18(14-25-11-9-24(2)10-12-25)22-17(8-13-29-22)23(20)28-3/h4-8,13,27H,9-12,14H2,1-3H3/b7-6+. The first-order chi connectivity index (χ1) is 14.5. The molecule has 1 aromatic carbocycles. The fraction of sp³-hybridized carbons (Fsp3) is 0.348. The number of nitrogens with zero attached hydrogens (tertiary/aromatic N) is 2. The molecule has 0 unspecified atom stereocenters. The Labute approximate surface area is 175 Å². The number of carbonyl (C=O) groups excluding carboxylic acids is 1. The van der Waals surface area contributed by atoms with Crippen molar-refractivity contribution < 1.29 is 23.5 Å². The van der Waals surface area contributed by atoms with Gasteiger partial charge in [0.1, 0.15) is 34.2 Å².